The van der Waals surface area contributed by atoms with E-state index in [1.165, 1.54) is 0 Å². The third kappa shape index (κ3) is 4.93. The maximum absolute atomic E-state index is 12.9. The molecule has 0 atom stereocenters. The fourth-order valence-corrected chi connectivity index (χ4v) is 4.85. The minimum Gasteiger partial charge on any atom is -0.476 e. The molecule has 1 fully saturated rings. The van der Waals surface area contributed by atoms with Gasteiger partial charge in [0.2, 0.25) is 0 Å². The van der Waals surface area contributed by atoms with Gasteiger partial charge in [-0.1, -0.05) is 29.5 Å². The van der Waals surface area contributed by atoms with Crippen molar-refractivity contribution >= 4 is 55.6 Å². The molecule has 0 spiro atoms. The van der Waals surface area contributed by atoms with Crippen LogP contribution in [0.3, 0.4) is 0 Å². The molecule has 1 amide bonds. The number of rotatable bonds is 6. The van der Waals surface area contributed by atoms with Crippen LogP contribution >= 0.6 is 11.3 Å². The second-order valence-electron chi connectivity index (χ2n) is 8.29. The van der Waals surface area contributed by atoms with Crippen molar-refractivity contribution in [3.05, 3.63) is 72.1 Å². The van der Waals surface area contributed by atoms with Gasteiger partial charge in [-0.15, -0.1) is 0 Å². The van der Waals surface area contributed by atoms with Crippen molar-refractivity contribution in [3.63, 3.8) is 0 Å². The van der Waals surface area contributed by atoms with Crippen LogP contribution in [0.4, 0.5) is 21.5 Å². The predicted octanol–water partition coefficient (Wildman–Crippen LogP) is 4.14. The summed E-state index contributed by atoms with van der Waals surface area (Å²) in [5, 5.41) is 16.9. The number of carbonyl (C=O) groups excluding carboxylic acids is 1. The van der Waals surface area contributed by atoms with Crippen molar-refractivity contribution in [2.75, 3.05) is 48.8 Å². The van der Waals surface area contributed by atoms with Gasteiger partial charge in [0, 0.05) is 49.0 Å². The standard InChI is InChI=1S/C25H24N6O3S/c1-30-12-14-31(15-13-30)17-8-6-16(7-9-17)22(32)29-23-21(24(33)34)28-25(35-23)27-20-10-11-26-19-5-3-2-4-18(19)20/h2-11H,12-15H2,1H3,(H,29,32)(H,33,34)(H,26,27,28). The van der Waals surface area contributed by atoms with E-state index < -0.39 is 5.97 Å². The molecule has 3 N–H and O–H groups in total. The largest absolute Gasteiger partial charge is 0.476 e. The van der Waals surface area contributed by atoms with Crippen molar-refractivity contribution in [1.82, 2.24) is 14.9 Å². The fraction of sp³-hybridized carbons (Fsp3) is 0.200. The van der Waals surface area contributed by atoms with E-state index >= 15 is 0 Å². The molecule has 1 saturated heterocycles. The highest BCUT2D eigenvalue weighted by atomic mass is 32.1. The number of pyridine rings is 1. The molecule has 1 aliphatic rings. The zero-order valence-corrected chi connectivity index (χ0v) is 19.9. The Kier molecular flexibility index (Phi) is 6.30. The second kappa shape index (κ2) is 9.69. The van der Waals surface area contributed by atoms with E-state index in [1.54, 1.807) is 24.4 Å². The van der Waals surface area contributed by atoms with Crippen molar-refractivity contribution in [1.29, 1.82) is 0 Å². The van der Waals surface area contributed by atoms with E-state index in [-0.39, 0.29) is 16.6 Å². The van der Waals surface area contributed by atoms with E-state index in [9.17, 15) is 14.7 Å². The highest BCUT2D eigenvalue weighted by molar-refractivity contribution is 7.20. The van der Waals surface area contributed by atoms with Gasteiger partial charge in [-0.05, 0) is 43.4 Å². The van der Waals surface area contributed by atoms with Gasteiger partial charge in [0.15, 0.2) is 10.8 Å². The molecule has 10 heteroatoms. The van der Waals surface area contributed by atoms with Gasteiger partial charge in [-0.3, -0.25) is 9.78 Å². The summed E-state index contributed by atoms with van der Waals surface area (Å²) >= 11 is 1.07. The summed E-state index contributed by atoms with van der Waals surface area (Å²) in [6.07, 6.45) is 1.67. The number of carboxylic acids is 1. The summed E-state index contributed by atoms with van der Waals surface area (Å²) in [4.78, 5) is 37.8. The Balaban J connectivity index is 1.33. The SMILES string of the molecule is CN1CCN(c2ccc(C(=O)Nc3sc(Nc4ccnc5ccccc45)nc3C(=O)O)cc2)CC1. The van der Waals surface area contributed by atoms with E-state index in [1.807, 2.05) is 36.4 Å². The summed E-state index contributed by atoms with van der Waals surface area (Å²) in [5.74, 6) is -1.60. The number of aromatic carboxylic acids is 1. The molecule has 0 unspecified atom stereocenters. The number of hydrogen-bond donors (Lipinski definition) is 3. The number of carboxylic acid groups (broad SMARTS) is 1. The number of carbonyl (C=O) groups is 2. The third-order valence-electron chi connectivity index (χ3n) is 5.95. The summed E-state index contributed by atoms with van der Waals surface area (Å²) in [6, 6.07) is 16.8. The Morgan fingerprint density at radius 3 is 2.49 bits per heavy atom. The van der Waals surface area contributed by atoms with Crippen molar-refractivity contribution in [2.24, 2.45) is 0 Å². The molecule has 3 heterocycles. The van der Waals surface area contributed by atoms with E-state index in [4.69, 9.17) is 0 Å². The zero-order chi connectivity index (χ0) is 24.4. The third-order valence-corrected chi connectivity index (χ3v) is 6.83. The molecule has 2 aromatic carbocycles. The lowest BCUT2D eigenvalue weighted by molar-refractivity contribution is 0.0692. The summed E-state index contributed by atoms with van der Waals surface area (Å²) in [6.45, 7) is 3.87. The Morgan fingerprint density at radius 2 is 1.74 bits per heavy atom. The first-order valence-electron chi connectivity index (χ1n) is 11.2. The molecule has 5 rings (SSSR count). The average Bonchev–Trinajstić information content (AvgIpc) is 3.27. The Morgan fingerprint density at radius 1 is 1.00 bits per heavy atom. The Bertz CT molecular complexity index is 1370. The molecule has 35 heavy (non-hydrogen) atoms. The fourth-order valence-electron chi connectivity index (χ4n) is 3.99. The van der Waals surface area contributed by atoms with Gasteiger partial charge in [-0.25, -0.2) is 9.78 Å². The lowest BCUT2D eigenvalue weighted by Crippen LogP contribution is -2.44. The lowest BCUT2D eigenvalue weighted by atomic mass is 10.1. The number of fused-ring (bicyclic) bond motifs is 1. The normalized spacial score (nSPS) is 14.1. The van der Waals surface area contributed by atoms with Gasteiger partial charge in [-0.2, -0.15) is 0 Å². The molecule has 9 nitrogen and oxygen atoms in total. The summed E-state index contributed by atoms with van der Waals surface area (Å²) in [7, 11) is 2.11. The first-order valence-corrected chi connectivity index (χ1v) is 12.0. The summed E-state index contributed by atoms with van der Waals surface area (Å²) < 4.78 is 0. The first kappa shape index (κ1) is 22.8. The molecular formula is C25H24N6O3S. The van der Waals surface area contributed by atoms with Gasteiger partial charge in [0.25, 0.3) is 5.91 Å². The molecular weight excluding hydrogens is 464 g/mol. The van der Waals surface area contributed by atoms with Gasteiger partial charge >= 0.3 is 5.97 Å². The maximum Gasteiger partial charge on any atom is 0.357 e. The van der Waals surface area contributed by atoms with Crippen LogP contribution in [0.25, 0.3) is 10.9 Å². The number of anilines is 4. The number of hydrogen-bond acceptors (Lipinski definition) is 8. The number of nitrogens with one attached hydrogen (secondary N) is 2. The molecule has 178 valence electrons. The molecule has 2 aromatic heterocycles. The number of nitrogens with zero attached hydrogens (tertiary/aromatic N) is 4. The molecule has 0 aliphatic carbocycles. The first-order chi connectivity index (χ1) is 17.0. The van der Waals surface area contributed by atoms with Crippen LogP contribution in [-0.2, 0) is 0 Å². The van der Waals surface area contributed by atoms with Crippen LogP contribution in [-0.4, -0.2) is 65.1 Å². The number of piperazine rings is 1. The average molecular weight is 489 g/mol. The number of thiazole rings is 1. The quantitative estimate of drug-likeness (QED) is 0.371. The van der Waals surface area contributed by atoms with E-state index in [0.29, 0.717) is 10.7 Å². The Hall–Kier alpha value is -4.02. The van der Waals surface area contributed by atoms with Gasteiger partial charge in [0.1, 0.15) is 5.00 Å². The van der Waals surface area contributed by atoms with E-state index in [2.05, 4.69) is 37.4 Å². The van der Waals surface area contributed by atoms with E-state index in [0.717, 1.165) is 59.8 Å². The van der Waals surface area contributed by atoms with Crippen molar-refractivity contribution in [2.45, 2.75) is 0 Å². The highest BCUT2D eigenvalue weighted by Gasteiger charge is 2.21. The van der Waals surface area contributed by atoms with Gasteiger partial charge < -0.3 is 25.5 Å². The van der Waals surface area contributed by atoms with Gasteiger partial charge in [0.05, 0.1) is 11.2 Å². The summed E-state index contributed by atoms with van der Waals surface area (Å²) in [5.41, 5.74) is 2.86. The Labute approximate surface area is 206 Å². The van der Waals surface area contributed by atoms with Crippen molar-refractivity contribution in [3.8, 4) is 0 Å². The molecule has 4 aromatic rings. The number of aromatic nitrogens is 2. The van der Waals surface area contributed by atoms with Crippen LogP contribution in [0.5, 0.6) is 0 Å². The predicted molar refractivity (Wildman–Crippen MR) is 138 cm³/mol. The maximum atomic E-state index is 12.9. The van der Waals surface area contributed by atoms with Crippen molar-refractivity contribution < 1.29 is 14.7 Å². The van der Waals surface area contributed by atoms with Crippen LogP contribution in [0, 0.1) is 0 Å². The molecule has 1 aliphatic heterocycles. The smallest absolute Gasteiger partial charge is 0.357 e. The molecule has 0 saturated carbocycles. The minimum atomic E-state index is -1.21. The van der Waals surface area contributed by atoms with Crippen LogP contribution in [0.15, 0.2) is 60.8 Å². The number of benzene rings is 2. The monoisotopic (exact) mass is 488 g/mol. The molecule has 0 bridgehead atoms. The molecule has 0 radical (unpaired) electrons. The van der Waals surface area contributed by atoms with Crippen LogP contribution < -0.4 is 15.5 Å². The number of amides is 1. The van der Waals surface area contributed by atoms with Crippen LogP contribution in [0.2, 0.25) is 0 Å². The number of para-hydroxylation sites is 1. The number of likely N-dealkylation sites (N-methyl/N-ethyl adjacent to an activating group) is 1. The lowest BCUT2D eigenvalue weighted by Gasteiger charge is -2.34. The zero-order valence-electron chi connectivity index (χ0n) is 19.1. The highest BCUT2D eigenvalue weighted by Crippen LogP contribution is 2.33. The minimum absolute atomic E-state index is 0.173. The second-order valence-corrected chi connectivity index (χ2v) is 9.29. The van der Waals surface area contributed by atoms with Crippen LogP contribution in [0.1, 0.15) is 20.8 Å². The topological polar surface area (TPSA) is 111 Å².